The van der Waals surface area contributed by atoms with Gasteiger partial charge in [-0.15, -0.1) is 0 Å². The van der Waals surface area contributed by atoms with Crippen LogP contribution in [0.1, 0.15) is 5.56 Å². The summed E-state index contributed by atoms with van der Waals surface area (Å²) in [6.45, 7) is 0.647. The number of halogens is 2. The van der Waals surface area contributed by atoms with Gasteiger partial charge in [-0.1, -0.05) is 17.7 Å². The minimum Gasteiger partial charge on any atom is -0.504 e. The predicted octanol–water partition coefficient (Wildman–Crippen LogP) is 4.27. The Morgan fingerprint density at radius 2 is 2.05 bits per heavy atom. The lowest BCUT2D eigenvalue weighted by Crippen LogP contribution is -2.01. The third kappa shape index (κ3) is 3.67. The summed E-state index contributed by atoms with van der Waals surface area (Å²) in [4.78, 5) is 0. The maximum absolute atomic E-state index is 9.53. The molecule has 3 nitrogen and oxygen atoms in total. The first-order chi connectivity index (χ1) is 9.10. The normalized spacial score (nSPS) is 10.3. The van der Waals surface area contributed by atoms with Crippen molar-refractivity contribution in [2.45, 2.75) is 6.54 Å². The van der Waals surface area contributed by atoms with E-state index in [-0.39, 0.29) is 5.75 Å². The first-order valence-electron chi connectivity index (χ1n) is 5.65. The largest absolute Gasteiger partial charge is 0.504 e. The Kier molecular flexibility index (Phi) is 4.76. The van der Waals surface area contributed by atoms with Crippen LogP contribution in [0.25, 0.3) is 0 Å². The third-order valence-electron chi connectivity index (χ3n) is 2.66. The zero-order valence-corrected chi connectivity index (χ0v) is 13.2. The van der Waals surface area contributed by atoms with Crippen molar-refractivity contribution in [2.24, 2.45) is 0 Å². The molecule has 2 N–H and O–H groups in total. The minimum atomic E-state index is 0.146. The molecule has 0 unspecified atom stereocenters. The van der Waals surface area contributed by atoms with Gasteiger partial charge >= 0.3 is 0 Å². The van der Waals surface area contributed by atoms with E-state index in [0.717, 1.165) is 19.8 Å². The van der Waals surface area contributed by atoms with E-state index >= 15 is 0 Å². The summed E-state index contributed by atoms with van der Waals surface area (Å²) in [5.41, 5.74) is 2.05. The van der Waals surface area contributed by atoms with Gasteiger partial charge in [-0.25, -0.2) is 0 Å². The van der Waals surface area contributed by atoms with Crippen LogP contribution in [0.5, 0.6) is 11.5 Å². The number of phenols is 1. The monoisotopic (exact) mass is 389 g/mol. The predicted molar refractivity (Wildman–Crippen MR) is 86.2 cm³/mol. The summed E-state index contributed by atoms with van der Waals surface area (Å²) in [5, 5.41) is 13.6. The number of phenolic OH excluding ortho intramolecular Hbond substituents is 1. The number of nitrogens with one attached hydrogen (secondary N) is 1. The van der Waals surface area contributed by atoms with Gasteiger partial charge < -0.3 is 15.2 Å². The van der Waals surface area contributed by atoms with Crippen LogP contribution in [0.2, 0.25) is 5.02 Å². The van der Waals surface area contributed by atoms with Crippen LogP contribution in [-0.2, 0) is 6.54 Å². The van der Waals surface area contributed by atoms with E-state index in [0.29, 0.717) is 12.3 Å². The molecule has 100 valence electrons. The SMILES string of the molecule is COc1cc(CNc2ccc(Cl)cc2I)ccc1O. The number of benzene rings is 2. The van der Waals surface area contributed by atoms with Crippen molar-refractivity contribution in [2.75, 3.05) is 12.4 Å². The van der Waals surface area contributed by atoms with Crippen molar-refractivity contribution in [3.8, 4) is 11.5 Å². The van der Waals surface area contributed by atoms with Crippen molar-refractivity contribution in [3.05, 3.63) is 50.6 Å². The molecule has 0 amide bonds. The molecule has 0 saturated carbocycles. The molecule has 0 aliphatic heterocycles. The summed E-state index contributed by atoms with van der Waals surface area (Å²) in [6.07, 6.45) is 0. The Balaban J connectivity index is 2.10. The molecule has 0 aromatic heterocycles. The minimum absolute atomic E-state index is 0.146. The smallest absolute Gasteiger partial charge is 0.160 e. The molecule has 0 radical (unpaired) electrons. The van der Waals surface area contributed by atoms with Gasteiger partial charge in [0.2, 0.25) is 0 Å². The van der Waals surface area contributed by atoms with E-state index in [1.165, 1.54) is 7.11 Å². The average Bonchev–Trinajstić information content (AvgIpc) is 2.39. The van der Waals surface area contributed by atoms with Gasteiger partial charge in [-0.2, -0.15) is 0 Å². The molecule has 0 bridgehead atoms. The lowest BCUT2D eigenvalue weighted by molar-refractivity contribution is 0.373. The second-order valence-corrected chi connectivity index (χ2v) is 5.58. The number of methoxy groups -OCH3 is 1. The Hall–Kier alpha value is -1.14. The van der Waals surface area contributed by atoms with Crippen LogP contribution in [0.4, 0.5) is 5.69 Å². The van der Waals surface area contributed by atoms with Gasteiger partial charge in [-0.05, 0) is 58.5 Å². The number of aromatic hydroxyl groups is 1. The van der Waals surface area contributed by atoms with Gasteiger partial charge in [0.05, 0.1) is 7.11 Å². The molecule has 2 rings (SSSR count). The molecule has 0 saturated heterocycles. The number of ether oxygens (including phenoxy) is 1. The fraction of sp³-hybridized carbons (Fsp3) is 0.143. The van der Waals surface area contributed by atoms with Gasteiger partial charge in [0.15, 0.2) is 11.5 Å². The highest BCUT2D eigenvalue weighted by Crippen LogP contribution is 2.27. The van der Waals surface area contributed by atoms with Gasteiger partial charge in [0.25, 0.3) is 0 Å². The molecule has 0 heterocycles. The Bertz CT molecular complexity index is 590. The Labute approximate surface area is 130 Å². The zero-order chi connectivity index (χ0) is 13.8. The summed E-state index contributed by atoms with van der Waals surface area (Å²) >= 11 is 8.15. The lowest BCUT2D eigenvalue weighted by Gasteiger charge is -2.10. The highest BCUT2D eigenvalue weighted by Gasteiger charge is 2.04. The Morgan fingerprint density at radius 3 is 2.74 bits per heavy atom. The van der Waals surface area contributed by atoms with Crippen molar-refractivity contribution in [1.29, 1.82) is 0 Å². The number of hydrogen-bond donors (Lipinski definition) is 2. The second kappa shape index (κ2) is 6.34. The Morgan fingerprint density at radius 1 is 1.26 bits per heavy atom. The highest BCUT2D eigenvalue weighted by molar-refractivity contribution is 14.1. The van der Waals surface area contributed by atoms with Gasteiger partial charge in [0, 0.05) is 20.8 Å². The van der Waals surface area contributed by atoms with E-state index in [1.807, 2.05) is 30.3 Å². The van der Waals surface area contributed by atoms with Crippen LogP contribution < -0.4 is 10.1 Å². The topological polar surface area (TPSA) is 41.5 Å². The first kappa shape index (κ1) is 14.3. The standard InChI is InChI=1S/C14H13ClINO2/c1-19-14-6-9(2-5-13(14)18)8-17-12-4-3-10(15)7-11(12)16/h2-7,17-18H,8H2,1H3. The van der Waals surface area contributed by atoms with E-state index < -0.39 is 0 Å². The average molecular weight is 390 g/mol. The van der Waals surface area contributed by atoms with E-state index in [4.69, 9.17) is 16.3 Å². The van der Waals surface area contributed by atoms with E-state index in [1.54, 1.807) is 6.07 Å². The molecule has 0 fully saturated rings. The molecule has 0 aliphatic rings. The molecular weight excluding hydrogens is 377 g/mol. The fourth-order valence-electron chi connectivity index (χ4n) is 1.66. The quantitative estimate of drug-likeness (QED) is 0.767. The van der Waals surface area contributed by atoms with Crippen molar-refractivity contribution >= 4 is 39.9 Å². The molecule has 19 heavy (non-hydrogen) atoms. The molecule has 2 aromatic carbocycles. The highest BCUT2D eigenvalue weighted by atomic mass is 127. The van der Waals surface area contributed by atoms with Crippen molar-refractivity contribution < 1.29 is 9.84 Å². The van der Waals surface area contributed by atoms with Crippen LogP contribution in [-0.4, -0.2) is 12.2 Å². The summed E-state index contributed by atoms with van der Waals surface area (Å²) < 4.78 is 6.15. The van der Waals surface area contributed by atoms with E-state index in [2.05, 4.69) is 27.9 Å². The molecule has 0 aliphatic carbocycles. The van der Waals surface area contributed by atoms with Crippen LogP contribution in [0, 0.1) is 3.57 Å². The first-order valence-corrected chi connectivity index (χ1v) is 7.10. The van der Waals surface area contributed by atoms with E-state index in [9.17, 15) is 5.11 Å². The summed E-state index contributed by atoms with van der Waals surface area (Å²) in [7, 11) is 1.54. The number of hydrogen-bond acceptors (Lipinski definition) is 3. The second-order valence-electron chi connectivity index (χ2n) is 3.98. The van der Waals surface area contributed by atoms with Gasteiger partial charge in [0.1, 0.15) is 0 Å². The van der Waals surface area contributed by atoms with Crippen molar-refractivity contribution in [3.63, 3.8) is 0 Å². The van der Waals surface area contributed by atoms with Gasteiger partial charge in [-0.3, -0.25) is 0 Å². The molecule has 0 spiro atoms. The van der Waals surface area contributed by atoms with Crippen LogP contribution in [0.15, 0.2) is 36.4 Å². The number of rotatable bonds is 4. The summed E-state index contributed by atoms with van der Waals surface area (Å²) in [5.74, 6) is 0.623. The molecule has 5 heteroatoms. The maximum Gasteiger partial charge on any atom is 0.160 e. The zero-order valence-electron chi connectivity index (χ0n) is 10.3. The molecule has 0 atom stereocenters. The van der Waals surface area contributed by atoms with Crippen LogP contribution >= 0.6 is 34.2 Å². The summed E-state index contributed by atoms with van der Waals surface area (Å²) in [6, 6.07) is 11.0. The lowest BCUT2D eigenvalue weighted by atomic mass is 10.2. The third-order valence-corrected chi connectivity index (χ3v) is 3.79. The molecule has 2 aromatic rings. The van der Waals surface area contributed by atoms with Crippen molar-refractivity contribution in [1.82, 2.24) is 0 Å². The molecular formula is C14H13ClINO2. The number of anilines is 1. The van der Waals surface area contributed by atoms with Crippen LogP contribution in [0.3, 0.4) is 0 Å². The fourth-order valence-corrected chi connectivity index (χ4v) is 2.72. The maximum atomic E-state index is 9.53.